The molecular formula is C22H43FN7O6P. The molecule has 0 radical (unpaired) electrons. The predicted molar refractivity (Wildman–Crippen MR) is 139 cm³/mol. The SMILES string of the molecule is CCN(CC)CC.CCN(CC)CC.Nc1ncnc2c1ncn2[C@@H]1O[C@H](COP(=O)(O)O)C(O)[C@@H]1F. The molecule has 3 rings (SSSR count). The van der Waals surface area contributed by atoms with E-state index >= 15 is 0 Å². The molecule has 2 aromatic heterocycles. The van der Waals surface area contributed by atoms with Gasteiger partial charge >= 0.3 is 7.82 Å². The molecule has 1 aliphatic heterocycles. The highest BCUT2D eigenvalue weighted by Crippen LogP contribution is 2.39. The van der Waals surface area contributed by atoms with Crippen LogP contribution in [0.4, 0.5) is 10.2 Å². The summed E-state index contributed by atoms with van der Waals surface area (Å²) >= 11 is 0. The van der Waals surface area contributed by atoms with E-state index in [1.807, 2.05) is 0 Å². The second-order valence-electron chi connectivity index (χ2n) is 8.11. The fraction of sp³-hybridized carbons (Fsp3) is 0.773. The molecule has 1 saturated heterocycles. The lowest BCUT2D eigenvalue weighted by Crippen LogP contribution is -2.31. The van der Waals surface area contributed by atoms with Gasteiger partial charge in [0.05, 0.1) is 12.9 Å². The maximum atomic E-state index is 14.3. The quantitative estimate of drug-likeness (QED) is 0.316. The minimum Gasteiger partial charge on any atom is -0.387 e. The fourth-order valence-corrected chi connectivity index (χ4v) is 3.97. The highest BCUT2D eigenvalue weighted by atomic mass is 31.2. The summed E-state index contributed by atoms with van der Waals surface area (Å²) in [6, 6.07) is 0. The van der Waals surface area contributed by atoms with E-state index in [4.69, 9.17) is 20.3 Å². The average Bonchev–Trinajstić information content (AvgIpc) is 3.42. The summed E-state index contributed by atoms with van der Waals surface area (Å²) in [7, 11) is -4.76. The summed E-state index contributed by atoms with van der Waals surface area (Å²) in [4.78, 5) is 33.7. The molecule has 0 aromatic carbocycles. The number of ether oxygens (including phenoxy) is 1. The number of rotatable bonds is 10. The van der Waals surface area contributed by atoms with E-state index < -0.39 is 39.0 Å². The van der Waals surface area contributed by atoms with Gasteiger partial charge in [-0.2, -0.15) is 0 Å². The van der Waals surface area contributed by atoms with Gasteiger partial charge in [0.1, 0.15) is 24.1 Å². The van der Waals surface area contributed by atoms with E-state index in [2.05, 4.69) is 70.8 Å². The Balaban J connectivity index is 0.000000404. The number of alkyl halides is 1. The number of nitrogens with two attached hydrogens (primary N) is 1. The number of hydrogen-bond donors (Lipinski definition) is 4. The Morgan fingerprint density at radius 2 is 1.54 bits per heavy atom. The summed E-state index contributed by atoms with van der Waals surface area (Å²) in [5, 5.41) is 9.83. The van der Waals surface area contributed by atoms with Gasteiger partial charge < -0.3 is 35.2 Å². The summed E-state index contributed by atoms with van der Waals surface area (Å²) < 4.78 is 35.8. The van der Waals surface area contributed by atoms with Gasteiger partial charge in [0, 0.05) is 0 Å². The fourth-order valence-electron chi connectivity index (χ4n) is 3.63. The molecule has 0 aliphatic carbocycles. The first-order chi connectivity index (χ1) is 17.5. The van der Waals surface area contributed by atoms with Crippen LogP contribution in [-0.2, 0) is 13.8 Å². The van der Waals surface area contributed by atoms with E-state index in [0.717, 1.165) is 0 Å². The average molecular weight is 552 g/mol. The van der Waals surface area contributed by atoms with Crippen LogP contribution in [-0.4, -0.2) is 108 Å². The van der Waals surface area contributed by atoms with Crippen molar-refractivity contribution < 1.29 is 33.1 Å². The molecule has 15 heteroatoms. The second kappa shape index (κ2) is 16.2. The first-order valence-electron chi connectivity index (χ1n) is 12.5. The lowest BCUT2D eigenvalue weighted by Gasteiger charge is -2.15. The van der Waals surface area contributed by atoms with Crippen molar-refractivity contribution in [1.29, 1.82) is 0 Å². The third-order valence-electron chi connectivity index (χ3n) is 6.05. The van der Waals surface area contributed by atoms with Crippen molar-refractivity contribution in [2.24, 2.45) is 0 Å². The van der Waals surface area contributed by atoms with Gasteiger partial charge in [0.25, 0.3) is 0 Å². The van der Waals surface area contributed by atoms with Crippen LogP contribution in [0.2, 0.25) is 0 Å². The zero-order chi connectivity index (χ0) is 28.2. The first kappa shape index (κ1) is 33.3. The molecule has 0 spiro atoms. The number of halogens is 1. The largest absolute Gasteiger partial charge is 0.469 e. The van der Waals surface area contributed by atoms with Crippen LogP contribution >= 0.6 is 7.82 Å². The lowest BCUT2D eigenvalue weighted by molar-refractivity contribution is -0.0451. The Hall–Kier alpha value is -1.77. The Morgan fingerprint density at radius 3 is 1.97 bits per heavy atom. The molecule has 214 valence electrons. The van der Waals surface area contributed by atoms with Crippen LogP contribution in [0.25, 0.3) is 11.2 Å². The lowest BCUT2D eigenvalue weighted by atomic mass is 10.1. The standard InChI is InChI=1S/C10H13FN5O6P.2C6H15N/c11-5-7(17)4(1-21-23(18,19)20)22-10(5)16-3-15-6-8(12)13-2-14-9(6)16;2*1-4-7(5-2)6-3/h2-5,7,10,17H,1H2,(H2,12,13,14)(H2,18,19,20);2*4-6H2,1-3H3/t4-,5+,7?,10-;;/m1../s1. The normalized spacial score (nSPS) is 21.6. The Morgan fingerprint density at radius 1 is 1.03 bits per heavy atom. The second-order valence-corrected chi connectivity index (χ2v) is 9.35. The monoisotopic (exact) mass is 551 g/mol. The highest BCUT2D eigenvalue weighted by molar-refractivity contribution is 7.46. The number of hydrogen-bond acceptors (Lipinski definition) is 10. The maximum absolute atomic E-state index is 14.3. The predicted octanol–water partition coefficient (Wildman–Crippen LogP) is 1.81. The van der Waals surface area contributed by atoms with Gasteiger partial charge in [-0.25, -0.2) is 23.9 Å². The topological polar surface area (TPSA) is 172 Å². The first-order valence-corrected chi connectivity index (χ1v) is 14.1. The molecule has 0 bridgehead atoms. The van der Waals surface area contributed by atoms with E-state index in [1.165, 1.54) is 56.5 Å². The van der Waals surface area contributed by atoms with Gasteiger partial charge in [-0.1, -0.05) is 41.5 Å². The number of aromatic nitrogens is 4. The minimum absolute atomic E-state index is 0.101. The van der Waals surface area contributed by atoms with Crippen molar-refractivity contribution in [3.05, 3.63) is 12.7 Å². The van der Waals surface area contributed by atoms with E-state index in [0.29, 0.717) is 0 Å². The zero-order valence-corrected chi connectivity index (χ0v) is 23.5. The van der Waals surface area contributed by atoms with Gasteiger partial charge in [-0.05, 0) is 39.3 Å². The molecule has 0 amide bonds. The van der Waals surface area contributed by atoms with E-state index in [-0.39, 0.29) is 17.0 Å². The molecular weight excluding hydrogens is 508 g/mol. The van der Waals surface area contributed by atoms with Gasteiger partial charge in [0.15, 0.2) is 23.9 Å². The molecule has 13 nitrogen and oxygen atoms in total. The maximum Gasteiger partial charge on any atom is 0.469 e. The highest BCUT2D eigenvalue weighted by Gasteiger charge is 2.46. The van der Waals surface area contributed by atoms with E-state index in [9.17, 15) is 14.1 Å². The van der Waals surface area contributed by atoms with Gasteiger partial charge in [-0.3, -0.25) is 9.09 Å². The Bertz CT molecular complexity index is 934. The van der Waals surface area contributed by atoms with Crippen LogP contribution < -0.4 is 5.73 Å². The molecule has 0 saturated carbocycles. The smallest absolute Gasteiger partial charge is 0.387 e. The number of phosphoric ester groups is 1. The van der Waals surface area contributed by atoms with Crippen LogP contribution in [0.5, 0.6) is 0 Å². The van der Waals surface area contributed by atoms with Crippen molar-refractivity contribution in [1.82, 2.24) is 29.3 Å². The Labute approximate surface area is 218 Å². The van der Waals surface area contributed by atoms with Crippen LogP contribution in [0.1, 0.15) is 47.8 Å². The summed E-state index contributed by atoms with van der Waals surface area (Å²) in [5.74, 6) is 0.101. The molecule has 4 atom stereocenters. The minimum atomic E-state index is -4.76. The number of nitrogen functional groups attached to an aromatic ring is 1. The van der Waals surface area contributed by atoms with Crippen molar-refractivity contribution >= 4 is 24.8 Å². The number of anilines is 1. The van der Waals surface area contributed by atoms with Gasteiger partial charge in [-0.15, -0.1) is 0 Å². The molecule has 2 aromatic rings. The molecule has 1 aliphatic rings. The molecule has 1 unspecified atom stereocenters. The van der Waals surface area contributed by atoms with Crippen molar-refractivity contribution in [3.8, 4) is 0 Å². The summed E-state index contributed by atoms with van der Waals surface area (Å²) in [5.41, 5.74) is 6.08. The van der Waals surface area contributed by atoms with Crippen molar-refractivity contribution in [2.75, 3.05) is 51.6 Å². The number of aliphatic hydroxyl groups is 1. The third-order valence-corrected chi connectivity index (χ3v) is 6.53. The molecule has 1 fully saturated rings. The van der Waals surface area contributed by atoms with Crippen molar-refractivity contribution in [2.45, 2.75) is 66.1 Å². The number of fused-ring (bicyclic) bond motifs is 1. The summed E-state index contributed by atoms with van der Waals surface area (Å²) in [6.07, 6.45) is -3.68. The number of phosphoric acid groups is 1. The molecule has 37 heavy (non-hydrogen) atoms. The van der Waals surface area contributed by atoms with Crippen molar-refractivity contribution in [3.63, 3.8) is 0 Å². The Kier molecular flexibility index (Phi) is 14.6. The molecule has 3 heterocycles. The third kappa shape index (κ3) is 10.1. The van der Waals surface area contributed by atoms with Crippen LogP contribution in [0, 0.1) is 0 Å². The number of aliphatic hydroxyl groups excluding tert-OH is 1. The van der Waals surface area contributed by atoms with Crippen LogP contribution in [0.3, 0.4) is 0 Å². The molecule has 5 N–H and O–H groups in total. The summed E-state index contributed by atoms with van der Waals surface area (Å²) in [6.45, 7) is 19.6. The van der Waals surface area contributed by atoms with Gasteiger partial charge in [0.2, 0.25) is 0 Å². The number of imidazole rings is 1. The van der Waals surface area contributed by atoms with Crippen LogP contribution in [0.15, 0.2) is 12.7 Å². The van der Waals surface area contributed by atoms with E-state index in [1.54, 1.807) is 0 Å². The number of nitrogens with zero attached hydrogens (tertiary/aromatic N) is 6. The zero-order valence-electron chi connectivity index (χ0n) is 22.6.